The summed E-state index contributed by atoms with van der Waals surface area (Å²) in [5.74, 6) is 1.35. The first-order valence-corrected chi connectivity index (χ1v) is 7.83. The van der Waals surface area contributed by atoms with E-state index in [0.29, 0.717) is 11.3 Å². The molecule has 3 heteroatoms. The smallest absolute Gasteiger partial charge is 0.255 e. The van der Waals surface area contributed by atoms with E-state index < -0.39 is 0 Å². The fourth-order valence-corrected chi connectivity index (χ4v) is 2.40. The maximum absolute atomic E-state index is 12.3. The minimum atomic E-state index is -0.133. The van der Waals surface area contributed by atoms with Gasteiger partial charge in [0.2, 0.25) is 0 Å². The monoisotopic (exact) mass is 317 g/mol. The predicted octanol–water partition coefficient (Wildman–Crippen LogP) is 5.35. The Morgan fingerprint density at radius 2 is 1.58 bits per heavy atom. The van der Waals surface area contributed by atoms with Crippen molar-refractivity contribution < 1.29 is 9.53 Å². The van der Waals surface area contributed by atoms with Crippen molar-refractivity contribution in [3.63, 3.8) is 0 Å². The zero-order valence-corrected chi connectivity index (χ0v) is 13.7. The molecule has 3 rings (SSSR count). The van der Waals surface area contributed by atoms with Gasteiger partial charge in [-0.15, -0.1) is 0 Å². The molecular formula is C21H19NO2. The highest BCUT2D eigenvalue weighted by atomic mass is 16.5. The average Bonchev–Trinajstić information content (AvgIpc) is 2.57. The van der Waals surface area contributed by atoms with E-state index in [1.165, 1.54) is 0 Å². The van der Waals surface area contributed by atoms with Crippen LogP contribution in [0.1, 0.15) is 21.5 Å². The standard InChI is InChI=1S/C21H19NO2/c1-15-6-5-8-19(14-15)24-18-12-10-17(11-13-18)21(23)22-20-9-4-3-7-16(20)2/h3-14H,1-2H3,(H,22,23). The first-order chi connectivity index (χ1) is 11.6. The third-order valence-corrected chi connectivity index (χ3v) is 3.74. The Morgan fingerprint density at radius 1 is 0.833 bits per heavy atom. The number of para-hydroxylation sites is 1. The van der Waals surface area contributed by atoms with Crippen molar-refractivity contribution in [2.24, 2.45) is 0 Å². The average molecular weight is 317 g/mol. The predicted molar refractivity (Wildman–Crippen MR) is 96.8 cm³/mol. The zero-order valence-electron chi connectivity index (χ0n) is 13.7. The molecule has 0 saturated carbocycles. The lowest BCUT2D eigenvalue weighted by Crippen LogP contribution is -2.12. The highest BCUT2D eigenvalue weighted by molar-refractivity contribution is 6.04. The minimum absolute atomic E-state index is 0.133. The van der Waals surface area contributed by atoms with Crippen molar-refractivity contribution in [3.05, 3.63) is 89.5 Å². The van der Waals surface area contributed by atoms with Gasteiger partial charge in [0.25, 0.3) is 5.91 Å². The Labute approximate surface area is 141 Å². The Hall–Kier alpha value is -3.07. The quantitative estimate of drug-likeness (QED) is 0.704. The van der Waals surface area contributed by atoms with E-state index in [4.69, 9.17) is 4.74 Å². The molecule has 0 aliphatic carbocycles. The molecule has 0 bridgehead atoms. The van der Waals surface area contributed by atoms with Gasteiger partial charge in [-0.2, -0.15) is 0 Å². The van der Waals surface area contributed by atoms with Crippen LogP contribution in [0.3, 0.4) is 0 Å². The second kappa shape index (κ2) is 7.01. The molecule has 0 aromatic heterocycles. The summed E-state index contributed by atoms with van der Waals surface area (Å²) in [5.41, 5.74) is 3.59. The van der Waals surface area contributed by atoms with Crippen LogP contribution in [-0.4, -0.2) is 5.91 Å². The summed E-state index contributed by atoms with van der Waals surface area (Å²) in [5, 5.41) is 2.92. The number of ether oxygens (including phenoxy) is 1. The largest absolute Gasteiger partial charge is 0.457 e. The van der Waals surface area contributed by atoms with E-state index in [-0.39, 0.29) is 5.91 Å². The molecule has 0 aliphatic rings. The number of carbonyl (C=O) groups excluding carboxylic acids is 1. The van der Waals surface area contributed by atoms with Gasteiger partial charge in [0.05, 0.1) is 0 Å². The molecule has 0 radical (unpaired) electrons. The molecule has 0 atom stereocenters. The Morgan fingerprint density at radius 3 is 2.29 bits per heavy atom. The van der Waals surface area contributed by atoms with Gasteiger partial charge in [-0.25, -0.2) is 0 Å². The number of nitrogens with one attached hydrogen (secondary N) is 1. The Balaban J connectivity index is 1.70. The molecule has 0 aliphatic heterocycles. The van der Waals surface area contributed by atoms with Gasteiger partial charge in [-0.3, -0.25) is 4.79 Å². The summed E-state index contributed by atoms with van der Waals surface area (Å²) in [6, 6.07) is 22.7. The van der Waals surface area contributed by atoms with E-state index >= 15 is 0 Å². The van der Waals surface area contributed by atoms with Gasteiger partial charge in [-0.05, 0) is 67.4 Å². The maximum atomic E-state index is 12.3. The first kappa shape index (κ1) is 15.8. The van der Waals surface area contributed by atoms with Crippen LogP contribution in [0.2, 0.25) is 0 Å². The lowest BCUT2D eigenvalue weighted by Gasteiger charge is -2.09. The van der Waals surface area contributed by atoms with Crippen LogP contribution in [0, 0.1) is 13.8 Å². The van der Waals surface area contributed by atoms with Crippen molar-refractivity contribution in [1.82, 2.24) is 0 Å². The fraction of sp³-hybridized carbons (Fsp3) is 0.0952. The topological polar surface area (TPSA) is 38.3 Å². The van der Waals surface area contributed by atoms with Crippen LogP contribution in [0.4, 0.5) is 5.69 Å². The van der Waals surface area contributed by atoms with Crippen molar-refractivity contribution in [2.75, 3.05) is 5.32 Å². The molecule has 1 amide bonds. The van der Waals surface area contributed by atoms with Crippen molar-refractivity contribution in [1.29, 1.82) is 0 Å². The molecule has 0 unspecified atom stereocenters. The number of benzene rings is 3. The molecule has 3 aromatic carbocycles. The molecule has 0 spiro atoms. The van der Waals surface area contributed by atoms with E-state index in [0.717, 1.165) is 22.6 Å². The van der Waals surface area contributed by atoms with Crippen molar-refractivity contribution in [2.45, 2.75) is 13.8 Å². The SMILES string of the molecule is Cc1cccc(Oc2ccc(C(=O)Nc3ccccc3C)cc2)c1. The van der Waals surface area contributed by atoms with Crippen LogP contribution in [-0.2, 0) is 0 Å². The summed E-state index contributed by atoms with van der Waals surface area (Å²) < 4.78 is 5.80. The van der Waals surface area contributed by atoms with Gasteiger partial charge >= 0.3 is 0 Å². The number of anilines is 1. The molecule has 0 saturated heterocycles. The second-order valence-electron chi connectivity index (χ2n) is 5.71. The summed E-state index contributed by atoms with van der Waals surface area (Å²) in [4.78, 5) is 12.3. The van der Waals surface area contributed by atoms with Crippen LogP contribution < -0.4 is 10.1 Å². The molecule has 0 fully saturated rings. The van der Waals surface area contributed by atoms with Gasteiger partial charge in [0, 0.05) is 11.3 Å². The van der Waals surface area contributed by atoms with Crippen LogP contribution in [0.25, 0.3) is 0 Å². The molecular weight excluding hydrogens is 298 g/mol. The van der Waals surface area contributed by atoms with Crippen molar-refractivity contribution in [3.8, 4) is 11.5 Å². The third kappa shape index (κ3) is 3.82. The second-order valence-corrected chi connectivity index (χ2v) is 5.71. The van der Waals surface area contributed by atoms with E-state index in [1.54, 1.807) is 24.3 Å². The molecule has 0 heterocycles. The van der Waals surface area contributed by atoms with Gasteiger partial charge in [-0.1, -0.05) is 30.3 Å². The Bertz CT molecular complexity index is 854. The first-order valence-electron chi connectivity index (χ1n) is 7.83. The molecule has 3 nitrogen and oxygen atoms in total. The van der Waals surface area contributed by atoms with Crippen LogP contribution >= 0.6 is 0 Å². The van der Waals surface area contributed by atoms with Gasteiger partial charge in [0.1, 0.15) is 11.5 Å². The molecule has 24 heavy (non-hydrogen) atoms. The summed E-state index contributed by atoms with van der Waals surface area (Å²) in [7, 11) is 0. The summed E-state index contributed by atoms with van der Waals surface area (Å²) in [6.07, 6.45) is 0. The van der Waals surface area contributed by atoms with Crippen LogP contribution in [0.15, 0.2) is 72.8 Å². The number of amides is 1. The van der Waals surface area contributed by atoms with E-state index in [2.05, 4.69) is 5.32 Å². The van der Waals surface area contributed by atoms with Crippen LogP contribution in [0.5, 0.6) is 11.5 Å². The number of carbonyl (C=O) groups is 1. The maximum Gasteiger partial charge on any atom is 0.255 e. The minimum Gasteiger partial charge on any atom is -0.457 e. The number of rotatable bonds is 4. The summed E-state index contributed by atoms with van der Waals surface area (Å²) >= 11 is 0. The van der Waals surface area contributed by atoms with Gasteiger partial charge in [0.15, 0.2) is 0 Å². The zero-order chi connectivity index (χ0) is 16.9. The lowest BCUT2D eigenvalue weighted by atomic mass is 10.1. The lowest BCUT2D eigenvalue weighted by molar-refractivity contribution is 0.102. The van der Waals surface area contributed by atoms with Gasteiger partial charge < -0.3 is 10.1 Å². The van der Waals surface area contributed by atoms with E-state index in [1.807, 2.05) is 62.4 Å². The number of aryl methyl sites for hydroxylation is 2. The van der Waals surface area contributed by atoms with E-state index in [9.17, 15) is 4.79 Å². The normalized spacial score (nSPS) is 10.2. The number of hydrogen-bond acceptors (Lipinski definition) is 2. The fourth-order valence-electron chi connectivity index (χ4n) is 2.40. The highest BCUT2D eigenvalue weighted by Crippen LogP contribution is 2.23. The Kier molecular flexibility index (Phi) is 4.62. The molecule has 1 N–H and O–H groups in total. The molecule has 3 aromatic rings. The highest BCUT2D eigenvalue weighted by Gasteiger charge is 2.08. The number of hydrogen-bond donors (Lipinski definition) is 1. The molecule has 120 valence electrons. The summed E-state index contributed by atoms with van der Waals surface area (Å²) in [6.45, 7) is 3.99. The van der Waals surface area contributed by atoms with Crippen molar-refractivity contribution >= 4 is 11.6 Å². The third-order valence-electron chi connectivity index (χ3n) is 3.74.